The van der Waals surface area contributed by atoms with Gasteiger partial charge in [0.15, 0.2) is 0 Å². The van der Waals surface area contributed by atoms with E-state index < -0.39 is 6.10 Å². The molecule has 1 heterocycles. The highest BCUT2D eigenvalue weighted by Crippen LogP contribution is 2.22. The lowest BCUT2D eigenvalue weighted by Crippen LogP contribution is -2.36. The molecule has 1 atom stereocenters. The molecule has 0 amide bonds. The molecule has 0 spiro atoms. The normalized spacial score (nSPS) is 17.1. The predicted octanol–water partition coefficient (Wildman–Crippen LogP) is 3.22. The van der Waals surface area contributed by atoms with Crippen molar-refractivity contribution in [1.29, 1.82) is 0 Å². The van der Waals surface area contributed by atoms with Crippen molar-refractivity contribution in [2.45, 2.75) is 32.0 Å². The van der Waals surface area contributed by atoms with Crippen LogP contribution in [0, 0.1) is 0 Å². The lowest BCUT2D eigenvalue weighted by Gasteiger charge is -2.28. The van der Waals surface area contributed by atoms with Gasteiger partial charge >= 0.3 is 0 Å². The maximum absolute atomic E-state index is 10.4. The van der Waals surface area contributed by atoms with E-state index in [0.29, 0.717) is 13.2 Å². The quantitative estimate of drug-likeness (QED) is 0.847. The Bertz CT molecular complexity index is 640. The van der Waals surface area contributed by atoms with Crippen LogP contribution in [0.5, 0.6) is 0 Å². The summed E-state index contributed by atoms with van der Waals surface area (Å²) in [7, 11) is 0. The van der Waals surface area contributed by atoms with Gasteiger partial charge in [0.25, 0.3) is 0 Å². The summed E-state index contributed by atoms with van der Waals surface area (Å²) in [5.74, 6) is 0. The van der Waals surface area contributed by atoms with E-state index in [1.807, 2.05) is 0 Å². The average Bonchev–Trinajstić information content (AvgIpc) is 2.65. The second-order valence-electron chi connectivity index (χ2n) is 6.37. The number of hydrogen-bond donors (Lipinski definition) is 1. The summed E-state index contributed by atoms with van der Waals surface area (Å²) in [6, 6.07) is 14.8. The smallest absolute Gasteiger partial charge is 0.0948 e. The Labute approximate surface area is 144 Å². The van der Waals surface area contributed by atoms with Crippen molar-refractivity contribution >= 4 is 16.5 Å². The van der Waals surface area contributed by atoms with E-state index in [1.165, 1.54) is 10.8 Å². The van der Waals surface area contributed by atoms with Crippen molar-refractivity contribution < 1.29 is 14.6 Å². The molecule has 0 saturated carbocycles. The number of rotatable bonds is 7. The first-order valence-electron chi connectivity index (χ1n) is 8.87. The SMILES string of the molecule is CCN(CC(O)COC1CCOCC1)c1ccc2ccccc2c1. The van der Waals surface area contributed by atoms with Crippen molar-refractivity contribution in [3.8, 4) is 0 Å². The third-order valence-corrected chi connectivity index (χ3v) is 4.60. The third-order valence-electron chi connectivity index (χ3n) is 4.60. The lowest BCUT2D eigenvalue weighted by atomic mass is 10.1. The molecule has 0 aromatic heterocycles. The summed E-state index contributed by atoms with van der Waals surface area (Å²) in [6.07, 6.45) is 1.59. The molecule has 1 unspecified atom stereocenters. The molecule has 24 heavy (non-hydrogen) atoms. The molecule has 2 aromatic carbocycles. The summed E-state index contributed by atoms with van der Waals surface area (Å²) < 4.78 is 11.2. The predicted molar refractivity (Wildman–Crippen MR) is 97.6 cm³/mol. The number of benzene rings is 2. The number of hydrogen-bond acceptors (Lipinski definition) is 4. The molecule has 130 valence electrons. The number of aliphatic hydroxyl groups excluding tert-OH is 1. The monoisotopic (exact) mass is 329 g/mol. The maximum atomic E-state index is 10.4. The summed E-state index contributed by atoms with van der Waals surface area (Å²) in [4.78, 5) is 2.20. The fourth-order valence-corrected chi connectivity index (χ4v) is 3.19. The van der Waals surface area contributed by atoms with Gasteiger partial charge in [0.05, 0.1) is 18.8 Å². The van der Waals surface area contributed by atoms with Crippen LogP contribution in [0.2, 0.25) is 0 Å². The minimum absolute atomic E-state index is 0.226. The molecular weight excluding hydrogens is 302 g/mol. The Kier molecular flexibility index (Phi) is 6.07. The fourth-order valence-electron chi connectivity index (χ4n) is 3.19. The van der Waals surface area contributed by atoms with Gasteiger partial charge in [-0.2, -0.15) is 0 Å². The number of likely N-dealkylation sites (N-methyl/N-ethyl adjacent to an activating group) is 1. The van der Waals surface area contributed by atoms with Gasteiger partial charge < -0.3 is 19.5 Å². The van der Waals surface area contributed by atoms with Crippen molar-refractivity contribution in [2.75, 3.05) is 37.8 Å². The topological polar surface area (TPSA) is 41.9 Å². The summed E-state index contributed by atoms with van der Waals surface area (Å²) >= 11 is 0. The van der Waals surface area contributed by atoms with E-state index in [0.717, 1.165) is 38.3 Å². The Hall–Kier alpha value is -1.62. The molecule has 1 N–H and O–H groups in total. The summed E-state index contributed by atoms with van der Waals surface area (Å²) in [5.41, 5.74) is 1.14. The van der Waals surface area contributed by atoms with E-state index >= 15 is 0 Å². The van der Waals surface area contributed by atoms with Crippen LogP contribution in [0.25, 0.3) is 10.8 Å². The average molecular weight is 329 g/mol. The van der Waals surface area contributed by atoms with Gasteiger partial charge in [-0.05, 0) is 42.7 Å². The molecule has 3 rings (SSSR count). The Morgan fingerprint density at radius 3 is 2.67 bits per heavy atom. The van der Waals surface area contributed by atoms with Gasteiger partial charge in [0, 0.05) is 32.0 Å². The number of aliphatic hydroxyl groups is 1. The van der Waals surface area contributed by atoms with E-state index in [1.54, 1.807) is 0 Å². The highest BCUT2D eigenvalue weighted by molar-refractivity contribution is 5.85. The molecule has 0 radical (unpaired) electrons. The van der Waals surface area contributed by atoms with Crippen LogP contribution in [0.3, 0.4) is 0 Å². The van der Waals surface area contributed by atoms with Crippen LogP contribution in [0.15, 0.2) is 42.5 Å². The van der Waals surface area contributed by atoms with Crippen molar-refractivity contribution in [3.63, 3.8) is 0 Å². The molecule has 2 aromatic rings. The first-order chi connectivity index (χ1) is 11.8. The number of fused-ring (bicyclic) bond motifs is 1. The van der Waals surface area contributed by atoms with Gasteiger partial charge in [-0.3, -0.25) is 0 Å². The van der Waals surface area contributed by atoms with E-state index in [9.17, 15) is 5.11 Å². The molecular formula is C20H27NO3. The minimum atomic E-state index is -0.487. The van der Waals surface area contributed by atoms with E-state index in [2.05, 4.69) is 54.3 Å². The Morgan fingerprint density at radius 1 is 1.17 bits per heavy atom. The largest absolute Gasteiger partial charge is 0.389 e. The van der Waals surface area contributed by atoms with E-state index in [4.69, 9.17) is 9.47 Å². The van der Waals surface area contributed by atoms with Crippen molar-refractivity contribution in [1.82, 2.24) is 0 Å². The standard InChI is InChI=1S/C20H27NO3/c1-2-21(14-19(22)15-24-20-9-11-23-12-10-20)18-8-7-16-5-3-4-6-17(16)13-18/h3-8,13,19-20,22H,2,9-12,14-15H2,1H3. The van der Waals surface area contributed by atoms with Crippen LogP contribution in [-0.2, 0) is 9.47 Å². The van der Waals surface area contributed by atoms with Crippen LogP contribution in [-0.4, -0.2) is 50.2 Å². The summed E-state index contributed by atoms with van der Waals surface area (Å²) in [6.45, 7) is 5.46. The van der Waals surface area contributed by atoms with Crippen LogP contribution in [0.4, 0.5) is 5.69 Å². The highest BCUT2D eigenvalue weighted by Gasteiger charge is 2.17. The first kappa shape index (κ1) is 17.2. The molecule has 1 fully saturated rings. The molecule has 0 bridgehead atoms. The van der Waals surface area contributed by atoms with Crippen LogP contribution >= 0.6 is 0 Å². The van der Waals surface area contributed by atoms with Gasteiger partial charge in [0.1, 0.15) is 0 Å². The number of anilines is 1. The molecule has 1 saturated heterocycles. The zero-order valence-electron chi connectivity index (χ0n) is 14.4. The zero-order valence-corrected chi connectivity index (χ0v) is 14.4. The van der Waals surface area contributed by atoms with Gasteiger partial charge in [-0.25, -0.2) is 0 Å². The second kappa shape index (κ2) is 8.47. The molecule has 1 aliphatic heterocycles. The summed E-state index contributed by atoms with van der Waals surface area (Å²) in [5, 5.41) is 12.8. The molecule has 4 heteroatoms. The Balaban J connectivity index is 1.58. The minimum Gasteiger partial charge on any atom is -0.389 e. The molecule has 1 aliphatic rings. The van der Waals surface area contributed by atoms with Crippen LogP contribution in [0.1, 0.15) is 19.8 Å². The zero-order chi connectivity index (χ0) is 16.8. The molecule has 0 aliphatic carbocycles. The number of ether oxygens (including phenoxy) is 2. The Morgan fingerprint density at radius 2 is 1.92 bits per heavy atom. The lowest BCUT2D eigenvalue weighted by molar-refractivity contribution is -0.0575. The fraction of sp³-hybridized carbons (Fsp3) is 0.500. The third kappa shape index (κ3) is 4.47. The first-order valence-corrected chi connectivity index (χ1v) is 8.87. The van der Waals surface area contributed by atoms with Gasteiger partial charge in [-0.15, -0.1) is 0 Å². The van der Waals surface area contributed by atoms with Crippen molar-refractivity contribution in [3.05, 3.63) is 42.5 Å². The second-order valence-corrected chi connectivity index (χ2v) is 6.37. The molecule has 4 nitrogen and oxygen atoms in total. The highest BCUT2D eigenvalue weighted by atomic mass is 16.5. The van der Waals surface area contributed by atoms with Gasteiger partial charge in [0.2, 0.25) is 0 Å². The number of nitrogens with zero attached hydrogens (tertiary/aromatic N) is 1. The maximum Gasteiger partial charge on any atom is 0.0948 e. The van der Waals surface area contributed by atoms with Crippen LogP contribution < -0.4 is 4.90 Å². The van der Waals surface area contributed by atoms with Crippen molar-refractivity contribution in [2.24, 2.45) is 0 Å². The van der Waals surface area contributed by atoms with E-state index in [-0.39, 0.29) is 6.10 Å². The van der Waals surface area contributed by atoms with Gasteiger partial charge in [-0.1, -0.05) is 30.3 Å².